The molecule has 1 aliphatic heterocycles. The average Bonchev–Trinajstić information content (AvgIpc) is 2.59. The topological polar surface area (TPSA) is 66.9 Å². The number of hydrogen-bond donors (Lipinski definition) is 0. The van der Waals surface area contributed by atoms with Crippen LogP contribution in [0.5, 0.6) is 0 Å². The summed E-state index contributed by atoms with van der Waals surface area (Å²) in [6.45, 7) is 3.93. The van der Waals surface area contributed by atoms with Crippen LogP contribution in [0.4, 0.5) is 0 Å². The fraction of sp³-hybridized carbons (Fsp3) is 0.471. The number of piperazine rings is 1. The summed E-state index contributed by atoms with van der Waals surface area (Å²) < 4.78 is 4.53. The van der Waals surface area contributed by atoms with E-state index < -0.39 is 0 Å². The predicted molar refractivity (Wildman–Crippen MR) is 84.9 cm³/mol. The van der Waals surface area contributed by atoms with E-state index in [9.17, 15) is 14.4 Å². The van der Waals surface area contributed by atoms with Crippen LogP contribution in [0, 0.1) is 6.92 Å². The van der Waals surface area contributed by atoms with E-state index in [1.165, 1.54) is 7.11 Å². The van der Waals surface area contributed by atoms with E-state index in [-0.39, 0.29) is 30.6 Å². The first-order chi connectivity index (χ1) is 11.0. The van der Waals surface area contributed by atoms with Crippen molar-refractivity contribution in [3.05, 3.63) is 35.4 Å². The van der Waals surface area contributed by atoms with Crippen LogP contribution in [0.15, 0.2) is 24.3 Å². The number of esters is 1. The van der Waals surface area contributed by atoms with Crippen molar-refractivity contribution in [1.82, 2.24) is 9.80 Å². The highest BCUT2D eigenvalue weighted by Crippen LogP contribution is 2.13. The second kappa shape index (κ2) is 7.76. The van der Waals surface area contributed by atoms with E-state index in [4.69, 9.17) is 0 Å². The number of ether oxygens (including phenoxy) is 1. The standard InChI is InChI=1S/C17H22N2O4/c1-13-5-3-4-6-14(13)17(22)19-11-9-18(10-12-19)15(20)7-8-16(21)23-2/h3-6H,7-12H2,1-2H3. The molecule has 0 aromatic heterocycles. The molecule has 0 bridgehead atoms. The third-order valence-corrected chi connectivity index (χ3v) is 4.07. The lowest BCUT2D eigenvalue weighted by atomic mass is 10.1. The zero-order valence-electron chi connectivity index (χ0n) is 13.6. The van der Waals surface area contributed by atoms with E-state index in [2.05, 4.69) is 4.74 Å². The van der Waals surface area contributed by atoms with Gasteiger partial charge in [0.25, 0.3) is 5.91 Å². The summed E-state index contributed by atoms with van der Waals surface area (Å²) in [6, 6.07) is 7.50. The SMILES string of the molecule is COC(=O)CCC(=O)N1CCN(C(=O)c2ccccc2C)CC1. The van der Waals surface area contributed by atoms with E-state index >= 15 is 0 Å². The maximum absolute atomic E-state index is 12.5. The molecule has 0 radical (unpaired) electrons. The maximum atomic E-state index is 12.5. The van der Waals surface area contributed by atoms with Gasteiger partial charge < -0.3 is 14.5 Å². The molecule has 0 unspecified atom stereocenters. The number of carbonyl (C=O) groups is 3. The molecule has 1 heterocycles. The summed E-state index contributed by atoms with van der Waals surface area (Å²) in [5, 5.41) is 0. The van der Waals surface area contributed by atoms with Crippen LogP contribution >= 0.6 is 0 Å². The first-order valence-corrected chi connectivity index (χ1v) is 7.72. The molecule has 0 N–H and O–H groups in total. The van der Waals surface area contributed by atoms with E-state index in [1.54, 1.807) is 9.80 Å². The average molecular weight is 318 g/mol. The molecular weight excluding hydrogens is 296 g/mol. The Morgan fingerprint density at radius 3 is 2.22 bits per heavy atom. The zero-order chi connectivity index (χ0) is 16.8. The number of carbonyl (C=O) groups excluding carboxylic acids is 3. The highest BCUT2D eigenvalue weighted by atomic mass is 16.5. The lowest BCUT2D eigenvalue weighted by Crippen LogP contribution is -2.50. The number of rotatable bonds is 4. The molecular formula is C17H22N2O4. The third kappa shape index (κ3) is 4.31. The monoisotopic (exact) mass is 318 g/mol. The van der Waals surface area contributed by atoms with Gasteiger partial charge in [-0.15, -0.1) is 0 Å². The van der Waals surface area contributed by atoms with Crippen LogP contribution in [0.1, 0.15) is 28.8 Å². The Morgan fingerprint density at radius 1 is 1.00 bits per heavy atom. The Kier molecular flexibility index (Phi) is 5.73. The summed E-state index contributed by atoms with van der Waals surface area (Å²) in [6.07, 6.45) is 0.246. The molecule has 23 heavy (non-hydrogen) atoms. The molecule has 124 valence electrons. The fourth-order valence-corrected chi connectivity index (χ4v) is 2.61. The molecule has 0 atom stereocenters. The minimum Gasteiger partial charge on any atom is -0.469 e. The van der Waals surface area contributed by atoms with Crippen molar-refractivity contribution in [2.24, 2.45) is 0 Å². The van der Waals surface area contributed by atoms with Gasteiger partial charge >= 0.3 is 5.97 Å². The molecule has 0 aliphatic carbocycles. The van der Waals surface area contributed by atoms with Crippen molar-refractivity contribution < 1.29 is 19.1 Å². The van der Waals surface area contributed by atoms with Crippen LogP contribution in [0.2, 0.25) is 0 Å². The number of methoxy groups -OCH3 is 1. The van der Waals surface area contributed by atoms with Crippen molar-refractivity contribution >= 4 is 17.8 Å². The van der Waals surface area contributed by atoms with Gasteiger partial charge in [0.1, 0.15) is 0 Å². The third-order valence-electron chi connectivity index (χ3n) is 4.07. The number of amides is 2. The van der Waals surface area contributed by atoms with E-state index in [0.717, 1.165) is 5.56 Å². The minimum atomic E-state index is -0.383. The second-order valence-corrected chi connectivity index (χ2v) is 5.56. The fourth-order valence-electron chi connectivity index (χ4n) is 2.61. The number of aryl methyl sites for hydroxylation is 1. The number of benzene rings is 1. The van der Waals surface area contributed by atoms with Gasteiger partial charge in [-0.25, -0.2) is 0 Å². The van der Waals surface area contributed by atoms with Gasteiger partial charge in [0.05, 0.1) is 13.5 Å². The second-order valence-electron chi connectivity index (χ2n) is 5.56. The van der Waals surface area contributed by atoms with Gasteiger partial charge in [0.2, 0.25) is 5.91 Å². The molecule has 1 saturated heterocycles. The molecule has 1 aromatic rings. The maximum Gasteiger partial charge on any atom is 0.306 e. The Hall–Kier alpha value is -2.37. The van der Waals surface area contributed by atoms with Crippen molar-refractivity contribution in [2.45, 2.75) is 19.8 Å². The van der Waals surface area contributed by atoms with Gasteiger partial charge in [-0.2, -0.15) is 0 Å². The summed E-state index contributed by atoms with van der Waals surface area (Å²) in [7, 11) is 1.31. The Labute approximate surface area is 136 Å². The number of hydrogen-bond acceptors (Lipinski definition) is 4. The van der Waals surface area contributed by atoms with Gasteiger partial charge in [-0.1, -0.05) is 18.2 Å². The van der Waals surface area contributed by atoms with Gasteiger partial charge in [-0.05, 0) is 18.6 Å². The largest absolute Gasteiger partial charge is 0.469 e. The molecule has 6 nitrogen and oxygen atoms in total. The van der Waals surface area contributed by atoms with Crippen molar-refractivity contribution in [3.8, 4) is 0 Å². The highest BCUT2D eigenvalue weighted by Gasteiger charge is 2.25. The number of nitrogens with zero attached hydrogens (tertiary/aromatic N) is 2. The van der Waals surface area contributed by atoms with Crippen molar-refractivity contribution in [3.63, 3.8) is 0 Å². The Bertz CT molecular complexity index is 592. The molecule has 1 fully saturated rings. The summed E-state index contributed by atoms with van der Waals surface area (Å²) >= 11 is 0. The van der Waals surface area contributed by atoms with Crippen LogP contribution in [-0.2, 0) is 14.3 Å². The smallest absolute Gasteiger partial charge is 0.306 e. The van der Waals surface area contributed by atoms with E-state index in [0.29, 0.717) is 31.7 Å². The molecule has 6 heteroatoms. The van der Waals surface area contributed by atoms with Gasteiger partial charge in [0, 0.05) is 38.2 Å². The normalized spacial score (nSPS) is 14.5. The summed E-state index contributed by atoms with van der Waals surface area (Å²) in [5.41, 5.74) is 1.66. The predicted octanol–water partition coefficient (Wildman–Crippen LogP) is 1.23. The first-order valence-electron chi connectivity index (χ1n) is 7.72. The van der Waals surface area contributed by atoms with Gasteiger partial charge in [-0.3, -0.25) is 14.4 Å². The molecule has 1 aliphatic rings. The van der Waals surface area contributed by atoms with Crippen LogP contribution in [0.25, 0.3) is 0 Å². The molecule has 0 saturated carbocycles. The highest BCUT2D eigenvalue weighted by molar-refractivity contribution is 5.95. The van der Waals surface area contributed by atoms with Crippen LogP contribution in [0.3, 0.4) is 0 Å². The summed E-state index contributed by atoms with van der Waals surface area (Å²) in [5.74, 6) is -0.449. The molecule has 1 aromatic carbocycles. The summed E-state index contributed by atoms with van der Waals surface area (Å²) in [4.78, 5) is 39.1. The zero-order valence-corrected chi connectivity index (χ0v) is 13.6. The minimum absolute atomic E-state index is 0.00441. The molecule has 0 spiro atoms. The molecule has 2 amide bonds. The lowest BCUT2D eigenvalue weighted by molar-refractivity contribution is -0.143. The van der Waals surface area contributed by atoms with Gasteiger partial charge in [0.15, 0.2) is 0 Å². The van der Waals surface area contributed by atoms with Crippen LogP contribution < -0.4 is 0 Å². The van der Waals surface area contributed by atoms with Crippen molar-refractivity contribution in [2.75, 3.05) is 33.3 Å². The van der Waals surface area contributed by atoms with Crippen molar-refractivity contribution in [1.29, 1.82) is 0 Å². The quantitative estimate of drug-likeness (QED) is 0.783. The van der Waals surface area contributed by atoms with E-state index in [1.807, 2.05) is 31.2 Å². The Morgan fingerprint density at radius 2 is 1.61 bits per heavy atom. The molecule has 2 rings (SSSR count). The van der Waals surface area contributed by atoms with Crippen LogP contribution in [-0.4, -0.2) is 60.9 Å². The first kappa shape index (κ1) is 17.0. The lowest BCUT2D eigenvalue weighted by Gasteiger charge is -2.35. The Balaban J connectivity index is 1.86.